The average Bonchev–Trinajstić information content (AvgIpc) is 2.73. The van der Waals surface area contributed by atoms with Gasteiger partial charge in [-0.25, -0.2) is 10.4 Å². The maximum Gasteiger partial charge on any atom is 0.128 e. The van der Waals surface area contributed by atoms with Crippen LogP contribution in [0.2, 0.25) is 0 Å². The third kappa shape index (κ3) is 2.22. The number of nitrogens with zero attached hydrogens (tertiary/aromatic N) is 1. The fraction of sp³-hybridized carbons (Fsp3) is 0.500. The van der Waals surface area contributed by atoms with Crippen molar-refractivity contribution in [2.24, 2.45) is 0 Å². The number of phenols is 1. The molecule has 2 aliphatic heterocycles. The van der Waals surface area contributed by atoms with Crippen molar-refractivity contribution in [2.75, 3.05) is 32.9 Å². The van der Waals surface area contributed by atoms with Crippen LogP contribution in [0.3, 0.4) is 0 Å². The van der Waals surface area contributed by atoms with Crippen LogP contribution < -0.4 is 10.2 Å². The first-order valence-electron chi connectivity index (χ1n) is 5.87. The molecule has 0 aliphatic carbocycles. The molecule has 1 atom stereocenters. The fourth-order valence-electron chi connectivity index (χ4n) is 2.22. The number of fused-ring (bicyclic) bond motifs is 1. The van der Waals surface area contributed by atoms with E-state index < -0.39 is 0 Å². The van der Waals surface area contributed by atoms with Gasteiger partial charge in [-0.05, 0) is 12.1 Å². The third-order valence-electron chi connectivity index (χ3n) is 3.13. The molecular formula is C12H16N2O3. The minimum Gasteiger partial charge on any atom is -0.508 e. The molecule has 2 N–H and O–H groups in total. The monoisotopic (exact) mass is 236 g/mol. The highest BCUT2D eigenvalue weighted by Crippen LogP contribution is 2.34. The summed E-state index contributed by atoms with van der Waals surface area (Å²) >= 11 is 0. The SMILES string of the molecule is Oc1ccc2c(c1)OCC2NN1CCOCC1. The molecule has 5 heteroatoms. The summed E-state index contributed by atoms with van der Waals surface area (Å²) in [4.78, 5) is 0. The molecular weight excluding hydrogens is 220 g/mol. The zero-order chi connectivity index (χ0) is 11.7. The molecule has 0 spiro atoms. The normalized spacial score (nSPS) is 24.4. The van der Waals surface area contributed by atoms with E-state index in [-0.39, 0.29) is 11.8 Å². The maximum absolute atomic E-state index is 9.38. The van der Waals surface area contributed by atoms with E-state index in [9.17, 15) is 5.11 Å². The summed E-state index contributed by atoms with van der Waals surface area (Å²) in [6, 6.07) is 5.44. The van der Waals surface area contributed by atoms with Crippen LogP contribution in [-0.2, 0) is 4.74 Å². The molecule has 2 heterocycles. The van der Waals surface area contributed by atoms with Crippen LogP contribution >= 0.6 is 0 Å². The van der Waals surface area contributed by atoms with Crippen LogP contribution in [0.4, 0.5) is 0 Å². The molecule has 5 nitrogen and oxygen atoms in total. The van der Waals surface area contributed by atoms with Gasteiger partial charge in [-0.2, -0.15) is 0 Å². The summed E-state index contributed by atoms with van der Waals surface area (Å²) in [7, 11) is 0. The van der Waals surface area contributed by atoms with Gasteiger partial charge in [-0.15, -0.1) is 0 Å². The molecule has 1 saturated heterocycles. The molecule has 0 aromatic heterocycles. The average molecular weight is 236 g/mol. The van der Waals surface area contributed by atoms with Gasteiger partial charge in [0.05, 0.1) is 19.3 Å². The molecule has 1 fully saturated rings. The van der Waals surface area contributed by atoms with E-state index in [1.807, 2.05) is 6.07 Å². The molecule has 92 valence electrons. The van der Waals surface area contributed by atoms with E-state index in [1.54, 1.807) is 12.1 Å². The molecule has 1 aromatic carbocycles. The number of rotatable bonds is 2. The quantitative estimate of drug-likeness (QED) is 0.790. The lowest BCUT2D eigenvalue weighted by atomic mass is 10.1. The van der Waals surface area contributed by atoms with Crippen molar-refractivity contribution in [1.29, 1.82) is 0 Å². The van der Waals surface area contributed by atoms with Crippen LogP contribution in [0.1, 0.15) is 11.6 Å². The van der Waals surface area contributed by atoms with Gasteiger partial charge in [0.1, 0.15) is 18.1 Å². The summed E-state index contributed by atoms with van der Waals surface area (Å²) in [5, 5.41) is 11.5. The fourth-order valence-corrected chi connectivity index (χ4v) is 2.22. The molecule has 0 saturated carbocycles. The van der Waals surface area contributed by atoms with Crippen molar-refractivity contribution in [3.05, 3.63) is 23.8 Å². The number of hydrogen-bond donors (Lipinski definition) is 2. The summed E-state index contributed by atoms with van der Waals surface area (Å²) in [5.41, 5.74) is 4.55. The van der Waals surface area contributed by atoms with Crippen molar-refractivity contribution in [1.82, 2.24) is 10.4 Å². The number of hydrogen-bond acceptors (Lipinski definition) is 5. The number of hydrazine groups is 1. The van der Waals surface area contributed by atoms with Gasteiger partial charge in [-0.1, -0.05) is 0 Å². The third-order valence-corrected chi connectivity index (χ3v) is 3.13. The van der Waals surface area contributed by atoms with Crippen molar-refractivity contribution < 1.29 is 14.6 Å². The lowest BCUT2D eigenvalue weighted by molar-refractivity contribution is 0.00176. The number of nitrogens with one attached hydrogen (secondary N) is 1. The minimum atomic E-state index is 0.170. The van der Waals surface area contributed by atoms with Crippen molar-refractivity contribution in [3.8, 4) is 11.5 Å². The van der Waals surface area contributed by atoms with Crippen molar-refractivity contribution in [3.63, 3.8) is 0 Å². The van der Waals surface area contributed by atoms with Gasteiger partial charge in [0.25, 0.3) is 0 Å². The van der Waals surface area contributed by atoms with Gasteiger partial charge in [0.15, 0.2) is 0 Å². The van der Waals surface area contributed by atoms with E-state index in [0.717, 1.165) is 37.6 Å². The first-order valence-corrected chi connectivity index (χ1v) is 5.87. The number of morpholine rings is 1. The smallest absolute Gasteiger partial charge is 0.128 e. The Hall–Kier alpha value is -1.30. The summed E-state index contributed by atoms with van der Waals surface area (Å²) in [6.45, 7) is 3.93. The van der Waals surface area contributed by atoms with Gasteiger partial charge in [0, 0.05) is 24.7 Å². The Morgan fingerprint density at radius 3 is 2.94 bits per heavy atom. The van der Waals surface area contributed by atoms with Gasteiger partial charge < -0.3 is 14.6 Å². The largest absolute Gasteiger partial charge is 0.508 e. The molecule has 1 unspecified atom stereocenters. The Labute approximate surface area is 99.9 Å². The Morgan fingerprint density at radius 2 is 2.12 bits per heavy atom. The molecule has 2 aliphatic rings. The Balaban J connectivity index is 1.70. The first kappa shape index (κ1) is 10.8. The summed E-state index contributed by atoms with van der Waals surface area (Å²) in [5.74, 6) is 1.02. The van der Waals surface area contributed by atoms with Crippen LogP contribution in [0.5, 0.6) is 11.5 Å². The van der Waals surface area contributed by atoms with Gasteiger partial charge in [0.2, 0.25) is 0 Å². The van der Waals surface area contributed by atoms with Crippen molar-refractivity contribution in [2.45, 2.75) is 6.04 Å². The van der Waals surface area contributed by atoms with Crippen LogP contribution in [0.15, 0.2) is 18.2 Å². The highest BCUT2D eigenvalue weighted by Gasteiger charge is 2.26. The molecule has 1 aromatic rings. The Kier molecular flexibility index (Phi) is 2.88. The molecule has 3 rings (SSSR count). The van der Waals surface area contributed by atoms with E-state index in [0.29, 0.717) is 6.61 Å². The maximum atomic E-state index is 9.38. The highest BCUT2D eigenvalue weighted by molar-refractivity contribution is 5.44. The van der Waals surface area contributed by atoms with E-state index in [1.165, 1.54) is 0 Å². The summed E-state index contributed by atoms with van der Waals surface area (Å²) in [6.07, 6.45) is 0. The van der Waals surface area contributed by atoms with Crippen molar-refractivity contribution >= 4 is 0 Å². The summed E-state index contributed by atoms with van der Waals surface area (Å²) < 4.78 is 10.9. The number of phenolic OH excluding ortho intramolecular Hbond substituents is 1. The number of ether oxygens (including phenoxy) is 2. The van der Waals surface area contributed by atoms with Gasteiger partial charge in [-0.3, -0.25) is 0 Å². The second-order valence-electron chi connectivity index (χ2n) is 4.31. The van der Waals surface area contributed by atoms with E-state index in [2.05, 4.69) is 10.4 Å². The first-order chi connectivity index (χ1) is 8.33. The Morgan fingerprint density at radius 1 is 1.29 bits per heavy atom. The minimum absolute atomic E-state index is 0.170. The zero-order valence-corrected chi connectivity index (χ0v) is 9.56. The predicted molar refractivity (Wildman–Crippen MR) is 61.9 cm³/mol. The van der Waals surface area contributed by atoms with Crippen LogP contribution in [0.25, 0.3) is 0 Å². The molecule has 17 heavy (non-hydrogen) atoms. The van der Waals surface area contributed by atoms with Crippen LogP contribution in [-0.4, -0.2) is 43.0 Å². The predicted octanol–water partition coefficient (Wildman–Crippen LogP) is 0.662. The second kappa shape index (κ2) is 4.52. The second-order valence-corrected chi connectivity index (χ2v) is 4.31. The standard InChI is InChI=1S/C12H16N2O3/c15-9-1-2-10-11(8-17-12(10)7-9)13-14-3-5-16-6-4-14/h1-2,7,11,13,15H,3-6,8H2. The highest BCUT2D eigenvalue weighted by atomic mass is 16.5. The molecule has 0 amide bonds. The molecule has 0 radical (unpaired) electrons. The number of aromatic hydroxyl groups is 1. The van der Waals surface area contributed by atoms with E-state index >= 15 is 0 Å². The van der Waals surface area contributed by atoms with Gasteiger partial charge >= 0.3 is 0 Å². The van der Waals surface area contributed by atoms with Crippen LogP contribution in [0, 0.1) is 0 Å². The Bertz CT molecular complexity index is 405. The lowest BCUT2D eigenvalue weighted by Crippen LogP contribution is -2.47. The van der Waals surface area contributed by atoms with E-state index in [4.69, 9.17) is 9.47 Å². The topological polar surface area (TPSA) is 54.0 Å². The number of benzene rings is 1. The molecule has 0 bridgehead atoms. The lowest BCUT2D eigenvalue weighted by Gasteiger charge is -2.29. The zero-order valence-electron chi connectivity index (χ0n) is 9.56.